The van der Waals surface area contributed by atoms with E-state index in [9.17, 15) is 0 Å². The van der Waals surface area contributed by atoms with Crippen molar-refractivity contribution in [3.63, 3.8) is 0 Å². The highest BCUT2D eigenvalue weighted by Crippen LogP contribution is 2.29. The molecule has 0 saturated carbocycles. The van der Waals surface area contributed by atoms with E-state index in [1.54, 1.807) is 22.2 Å². The summed E-state index contributed by atoms with van der Waals surface area (Å²) in [4.78, 5) is 11.3. The van der Waals surface area contributed by atoms with Crippen LogP contribution in [-0.4, -0.2) is 19.7 Å². The molecule has 7 heteroatoms. The Hall–Kier alpha value is -2.46. The van der Waals surface area contributed by atoms with Crippen LogP contribution in [-0.2, 0) is 6.54 Å². The number of nitrogens with zero attached hydrogens (tertiary/aromatic N) is 5. The smallest absolute Gasteiger partial charge is 0.163 e. The molecular formula is C16H18N6S. The van der Waals surface area contributed by atoms with E-state index in [4.69, 9.17) is 5.26 Å². The van der Waals surface area contributed by atoms with Crippen molar-refractivity contribution in [3.8, 4) is 6.07 Å². The number of aryl methyl sites for hydroxylation is 3. The first-order chi connectivity index (χ1) is 11.1. The van der Waals surface area contributed by atoms with Gasteiger partial charge in [0.25, 0.3) is 0 Å². The van der Waals surface area contributed by atoms with Gasteiger partial charge in [-0.3, -0.25) is 0 Å². The first-order valence-corrected chi connectivity index (χ1v) is 8.28. The summed E-state index contributed by atoms with van der Waals surface area (Å²) in [5.74, 6) is 0.772. The minimum Gasteiger partial charge on any atom is -0.363 e. The van der Waals surface area contributed by atoms with Gasteiger partial charge >= 0.3 is 0 Å². The summed E-state index contributed by atoms with van der Waals surface area (Å²) < 4.78 is 1.75. The van der Waals surface area contributed by atoms with Crippen LogP contribution in [0, 0.1) is 25.2 Å². The lowest BCUT2D eigenvalue weighted by atomic mass is 10.1. The molecule has 3 heterocycles. The average Bonchev–Trinajstić information content (AvgIpc) is 3.09. The number of hydrogen-bond donors (Lipinski definition) is 1. The SMILES string of the molecule is Cc1cc([C@H](C)Nc2ncnc3c2cnn3CCC#N)c(C)s1. The lowest BCUT2D eigenvalue weighted by molar-refractivity contribution is 0.643. The lowest BCUT2D eigenvalue weighted by Gasteiger charge is -2.15. The van der Waals surface area contributed by atoms with E-state index < -0.39 is 0 Å². The number of rotatable bonds is 5. The Balaban J connectivity index is 1.90. The highest BCUT2D eigenvalue weighted by molar-refractivity contribution is 7.12. The summed E-state index contributed by atoms with van der Waals surface area (Å²) in [5.41, 5.74) is 2.04. The molecule has 0 aliphatic heterocycles. The van der Waals surface area contributed by atoms with Crippen molar-refractivity contribution in [1.82, 2.24) is 19.7 Å². The molecule has 0 radical (unpaired) electrons. The van der Waals surface area contributed by atoms with Crippen LogP contribution in [0.3, 0.4) is 0 Å². The number of hydrogen-bond acceptors (Lipinski definition) is 6. The topological polar surface area (TPSA) is 79.4 Å². The van der Waals surface area contributed by atoms with Gasteiger partial charge < -0.3 is 5.32 Å². The predicted molar refractivity (Wildman–Crippen MR) is 91.4 cm³/mol. The average molecular weight is 326 g/mol. The first-order valence-electron chi connectivity index (χ1n) is 7.47. The van der Waals surface area contributed by atoms with Crippen LogP contribution < -0.4 is 5.32 Å². The molecule has 23 heavy (non-hydrogen) atoms. The van der Waals surface area contributed by atoms with E-state index in [0.29, 0.717) is 13.0 Å². The quantitative estimate of drug-likeness (QED) is 0.775. The number of fused-ring (bicyclic) bond motifs is 1. The van der Waals surface area contributed by atoms with Crippen molar-refractivity contribution in [2.24, 2.45) is 0 Å². The van der Waals surface area contributed by atoms with E-state index in [1.165, 1.54) is 21.6 Å². The standard InChI is InChI=1S/C16H18N6S/c1-10-7-13(12(3)23-10)11(2)21-15-14-8-20-22(6-4-5-17)16(14)19-9-18-15/h7-9,11H,4,6H2,1-3H3,(H,18,19,21)/t11-/m0/s1. The van der Waals surface area contributed by atoms with Crippen molar-refractivity contribution in [2.45, 2.75) is 39.8 Å². The molecule has 0 fully saturated rings. The van der Waals surface area contributed by atoms with Gasteiger partial charge in [0.05, 0.1) is 36.7 Å². The van der Waals surface area contributed by atoms with Crippen LogP contribution in [0.15, 0.2) is 18.6 Å². The van der Waals surface area contributed by atoms with Crippen molar-refractivity contribution < 1.29 is 0 Å². The van der Waals surface area contributed by atoms with Gasteiger partial charge in [-0.2, -0.15) is 10.4 Å². The van der Waals surface area contributed by atoms with Gasteiger partial charge in [-0.1, -0.05) is 0 Å². The zero-order valence-corrected chi connectivity index (χ0v) is 14.2. The van der Waals surface area contributed by atoms with Crippen LogP contribution >= 0.6 is 11.3 Å². The molecule has 0 aliphatic carbocycles. The summed E-state index contributed by atoms with van der Waals surface area (Å²) in [6.45, 7) is 6.92. The molecule has 0 unspecified atom stereocenters. The van der Waals surface area contributed by atoms with E-state index in [1.807, 2.05) is 0 Å². The van der Waals surface area contributed by atoms with Gasteiger partial charge in [-0.15, -0.1) is 11.3 Å². The molecule has 118 valence electrons. The van der Waals surface area contributed by atoms with Crippen LogP contribution in [0.1, 0.15) is 34.7 Å². The molecule has 0 aliphatic rings. The molecule has 0 spiro atoms. The number of nitrogens with one attached hydrogen (secondary N) is 1. The Morgan fingerprint density at radius 2 is 2.22 bits per heavy atom. The second-order valence-electron chi connectivity index (χ2n) is 5.47. The van der Waals surface area contributed by atoms with Gasteiger partial charge in [0, 0.05) is 9.75 Å². The number of nitriles is 1. The van der Waals surface area contributed by atoms with Crippen LogP contribution in [0.5, 0.6) is 0 Å². The normalized spacial score (nSPS) is 12.3. The molecular weight excluding hydrogens is 308 g/mol. The van der Waals surface area contributed by atoms with E-state index in [-0.39, 0.29) is 6.04 Å². The molecule has 3 rings (SSSR count). The Kier molecular flexibility index (Phi) is 4.26. The number of anilines is 1. The Bertz CT molecular complexity index is 872. The van der Waals surface area contributed by atoms with Gasteiger partial charge in [0.15, 0.2) is 5.65 Å². The molecule has 1 atom stereocenters. The van der Waals surface area contributed by atoms with Crippen molar-refractivity contribution in [2.75, 3.05) is 5.32 Å². The van der Waals surface area contributed by atoms with Gasteiger partial charge in [-0.25, -0.2) is 14.6 Å². The third-order valence-electron chi connectivity index (χ3n) is 3.77. The largest absolute Gasteiger partial charge is 0.363 e. The van der Waals surface area contributed by atoms with Gasteiger partial charge in [-0.05, 0) is 32.4 Å². The van der Waals surface area contributed by atoms with Crippen molar-refractivity contribution in [3.05, 3.63) is 33.9 Å². The third-order valence-corrected chi connectivity index (χ3v) is 4.75. The molecule has 6 nitrogen and oxygen atoms in total. The second-order valence-corrected chi connectivity index (χ2v) is 6.93. The summed E-state index contributed by atoms with van der Waals surface area (Å²) >= 11 is 1.81. The fraction of sp³-hybridized carbons (Fsp3) is 0.375. The second kappa shape index (κ2) is 6.34. The molecule has 0 saturated heterocycles. The van der Waals surface area contributed by atoms with Crippen LogP contribution in [0.2, 0.25) is 0 Å². The molecule has 0 aromatic carbocycles. The molecule has 3 aromatic heterocycles. The maximum absolute atomic E-state index is 8.73. The molecule has 3 aromatic rings. The predicted octanol–water partition coefficient (Wildman–Crippen LogP) is 3.59. The van der Waals surface area contributed by atoms with E-state index in [0.717, 1.165) is 16.9 Å². The Labute approximate surface area is 138 Å². The minimum atomic E-state index is 0.153. The summed E-state index contributed by atoms with van der Waals surface area (Å²) in [6, 6.07) is 4.50. The zero-order chi connectivity index (χ0) is 16.4. The molecule has 0 bridgehead atoms. The Morgan fingerprint density at radius 3 is 2.91 bits per heavy atom. The maximum Gasteiger partial charge on any atom is 0.163 e. The maximum atomic E-state index is 8.73. The minimum absolute atomic E-state index is 0.153. The number of thiophene rings is 1. The summed E-state index contributed by atoms with van der Waals surface area (Å²) in [6.07, 6.45) is 3.70. The highest BCUT2D eigenvalue weighted by Gasteiger charge is 2.15. The van der Waals surface area contributed by atoms with Crippen molar-refractivity contribution >= 4 is 28.2 Å². The zero-order valence-electron chi connectivity index (χ0n) is 13.4. The van der Waals surface area contributed by atoms with Gasteiger partial charge in [0.2, 0.25) is 0 Å². The van der Waals surface area contributed by atoms with Gasteiger partial charge in [0.1, 0.15) is 12.1 Å². The monoisotopic (exact) mass is 326 g/mol. The molecule has 0 amide bonds. The van der Waals surface area contributed by atoms with E-state index >= 15 is 0 Å². The Morgan fingerprint density at radius 1 is 1.39 bits per heavy atom. The molecule has 1 N–H and O–H groups in total. The highest BCUT2D eigenvalue weighted by atomic mass is 32.1. The summed E-state index contributed by atoms with van der Waals surface area (Å²) in [7, 11) is 0. The van der Waals surface area contributed by atoms with E-state index in [2.05, 4.69) is 53.3 Å². The summed E-state index contributed by atoms with van der Waals surface area (Å²) in [5, 5.41) is 17.4. The fourth-order valence-corrected chi connectivity index (χ4v) is 3.71. The van der Waals surface area contributed by atoms with Crippen LogP contribution in [0.4, 0.5) is 5.82 Å². The first kappa shape index (κ1) is 15.4. The number of aromatic nitrogens is 4. The van der Waals surface area contributed by atoms with Crippen LogP contribution in [0.25, 0.3) is 11.0 Å². The fourth-order valence-electron chi connectivity index (χ4n) is 2.69. The lowest BCUT2D eigenvalue weighted by Crippen LogP contribution is -2.09. The third kappa shape index (κ3) is 3.03. The van der Waals surface area contributed by atoms with Crippen molar-refractivity contribution in [1.29, 1.82) is 5.26 Å².